The Labute approximate surface area is 121 Å². The Morgan fingerprint density at radius 2 is 2.10 bits per heavy atom. The van der Waals surface area contributed by atoms with Crippen LogP contribution in [-0.4, -0.2) is 33.9 Å². The summed E-state index contributed by atoms with van der Waals surface area (Å²) >= 11 is 0. The Balaban J connectivity index is 2.21. The number of aromatic nitrogens is 2. The molecule has 2 rings (SSSR count). The van der Waals surface area contributed by atoms with E-state index in [9.17, 15) is 9.59 Å². The molecule has 2 heterocycles. The number of carboxylic acids is 1. The van der Waals surface area contributed by atoms with Crippen LogP contribution in [0.4, 0.5) is 5.69 Å². The predicted molar refractivity (Wildman–Crippen MR) is 76.8 cm³/mol. The van der Waals surface area contributed by atoms with E-state index in [1.165, 1.54) is 22.9 Å². The number of hydrogen-bond donors (Lipinski definition) is 1. The number of furan rings is 1. The number of hydrogen-bond acceptors (Lipinski definition) is 5. The SMILES string of the molecule is CCN(CC)c1cnn(Cc2ccc(C(=O)O)o2)c(=O)c1. The van der Waals surface area contributed by atoms with Crippen molar-refractivity contribution >= 4 is 11.7 Å². The van der Waals surface area contributed by atoms with Crippen molar-refractivity contribution in [3.05, 3.63) is 46.3 Å². The van der Waals surface area contributed by atoms with E-state index in [2.05, 4.69) is 5.10 Å². The minimum absolute atomic E-state index is 0.102. The second-order valence-electron chi connectivity index (χ2n) is 4.45. The van der Waals surface area contributed by atoms with Gasteiger partial charge in [-0.2, -0.15) is 5.10 Å². The Morgan fingerprint density at radius 3 is 2.62 bits per heavy atom. The van der Waals surface area contributed by atoms with Gasteiger partial charge in [-0.1, -0.05) is 0 Å². The summed E-state index contributed by atoms with van der Waals surface area (Å²) in [7, 11) is 0. The fourth-order valence-electron chi connectivity index (χ4n) is 2.03. The predicted octanol–water partition coefficient (Wildman–Crippen LogP) is 1.43. The third kappa shape index (κ3) is 3.31. The number of rotatable bonds is 6. The van der Waals surface area contributed by atoms with E-state index in [4.69, 9.17) is 9.52 Å². The smallest absolute Gasteiger partial charge is 0.371 e. The molecular weight excluding hydrogens is 274 g/mol. The van der Waals surface area contributed by atoms with Gasteiger partial charge >= 0.3 is 5.97 Å². The van der Waals surface area contributed by atoms with Gasteiger partial charge in [-0.15, -0.1) is 0 Å². The van der Waals surface area contributed by atoms with E-state index in [1.807, 2.05) is 18.7 Å². The van der Waals surface area contributed by atoms with Crippen molar-refractivity contribution in [2.45, 2.75) is 20.4 Å². The highest BCUT2D eigenvalue weighted by Crippen LogP contribution is 2.11. The van der Waals surface area contributed by atoms with Crippen molar-refractivity contribution in [1.29, 1.82) is 0 Å². The summed E-state index contributed by atoms with van der Waals surface area (Å²) in [5, 5.41) is 12.9. The molecule has 112 valence electrons. The average Bonchev–Trinajstić information content (AvgIpc) is 2.92. The van der Waals surface area contributed by atoms with Crippen LogP contribution in [0.3, 0.4) is 0 Å². The van der Waals surface area contributed by atoms with Gasteiger partial charge in [0, 0.05) is 19.2 Å². The Bertz CT molecular complexity index is 686. The third-order valence-corrected chi connectivity index (χ3v) is 3.16. The second-order valence-corrected chi connectivity index (χ2v) is 4.45. The van der Waals surface area contributed by atoms with Gasteiger partial charge in [0.05, 0.1) is 11.9 Å². The van der Waals surface area contributed by atoms with Crippen molar-refractivity contribution in [2.24, 2.45) is 0 Å². The van der Waals surface area contributed by atoms with E-state index in [1.54, 1.807) is 6.20 Å². The maximum Gasteiger partial charge on any atom is 0.371 e. The molecule has 1 N–H and O–H groups in total. The number of anilines is 1. The number of carboxylic acid groups (broad SMARTS) is 1. The molecule has 0 bridgehead atoms. The molecule has 0 saturated carbocycles. The van der Waals surface area contributed by atoms with Gasteiger partial charge < -0.3 is 14.4 Å². The van der Waals surface area contributed by atoms with Gasteiger partial charge in [0.25, 0.3) is 5.56 Å². The molecule has 0 radical (unpaired) electrons. The van der Waals surface area contributed by atoms with Crippen LogP contribution in [0.15, 0.2) is 33.6 Å². The van der Waals surface area contributed by atoms with Crippen LogP contribution in [0.5, 0.6) is 0 Å². The molecule has 7 heteroatoms. The molecule has 2 aromatic heterocycles. The first kappa shape index (κ1) is 14.8. The fraction of sp³-hybridized carbons (Fsp3) is 0.357. The van der Waals surface area contributed by atoms with Crippen LogP contribution in [0.2, 0.25) is 0 Å². The first-order valence-electron chi connectivity index (χ1n) is 6.69. The number of carbonyl (C=O) groups is 1. The van der Waals surface area contributed by atoms with Crippen molar-refractivity contribution < 1.29 is 14.3 Å². The molecule has 7 nitrogen and oxygen atoms in total. The quantitative estimate of drug-likeness (QED) is 0.866. The first-order chi connectivity index (χ1) is 10.0. The maximum absolute atomic E-state index is 12.0. The molecule has 0 atom stereocenters. The monoisotopic (exact) mass is 291 g/mol. The van der Waals surface area contributed by atoms with Crippen molar-refractivity contribution in [1.82, 2.24) is 9.78 Å². The zero-order chi connectivity index (χ0) is 15.4. The Morgan fingerprint density at radius 1 is 1.38 bits per heavy atom. The van der Waals surface area contributed by atoms with Gasteiger partial charge in [-0.25, -0.2) is 9.48 Å². The molecule has 0 aliphatic heterocycles. The third-order valence-electron chi connectivity index (χ3n) is 3.16. The highest BCUT2D eigenvalue weighted by molar-refractivity contribution is 5.84. The number of nitrogens with zero attached hydrogens (tertiary/aromatic N) is 3. The minimum atomic E-state index is -1.14. The van der Waals surface area contributed by atoms with E-state index >= 15 is 0 Å². The van der Waals surface area contributed by atoms with Gasteiger partial charge in [0.1, 0.15) is 12.3 Å². The molecule has 0 fully saturated rings. The summed E-state index contributed by atoms with van der Waals surface area (Å²) in [6.45, 7) is 5.70. The minimum Gasteiger partial charge on any atom is -0.475 e. The maximum atomic E-state index is 12.0. The van der Waals surface area contributed by atoms with Crippen LogP contribution >= 0.6 is 0 Å². The van der Waals surface area contributed by atoms with Gasteiger partial charge in [-0.3, -0.25) is 4.79 Å². The summed E-state index contributed by atoms with van der Waals surface area (Å²) in [4.78, 5) is 24.8. The Hall–Kier alpha value is -2.57. The van der Waals surface area contributed by atoms with Crippen LogP contribution in [0.1, 0.15) is 30.2 Å². The molecule has 21 heavy (non-hydrogen) atoms. The molecule has 2 aromatic rings. The summed E-state index contributed by atoms with van der Waals surface area (Å²) in [5.74, 6) is -0.922. The second kappa shape index (κ2) is 6.25. The lowest BCUT2D eigenvalue weighted by atomic mass is 10.3. The zero-order valence-electron chi connectivity index (χ0n) is 11.9. The van der Waals surface area contributed by atoms with E-state index < -0.39 is 5.97 Å². The molecule has 0 aliphatic carbocycles. The average molecular weight is 291 g/mol. The zero-order valence-corrected chi connectivity index (χ0v) is 11.9. The normalized spacial score (nSPS) is 10.6. The Kier molecular flexibility index (Phi) is 4.42. The summed E-state index contributed by atoms with van der Waals surface area (Å²) < 4.78 is 6.35. The molecular formula is C14H17N3O4. The molecule has 0 spiro atoms. The highest BCUT2D eigenvalue weighted by atomic mass is 16.4. The van der Waals surface area contributed by atoms with E-state index in [-0.39, 0.29) is 17.9 Å². The number of aromatic carboxylic acids is 1. The van der Waals surface area contributed by atoms with Crippen molar-refractivity contribution in [3.63, 3.8) is 0 Å². The molecule has 0 aliphatic rings. The van der Waals surface area contributed by atoms with Gasteiger partial charge in [0.15, 0.2) is 0 Å². The largest absolute Gasteiger partial charge is 0.475 e. The summed E-state index contributed by atoms with van der Waals surface area (Å²) in [6, 6.07) is 4.39. The fourth-order valence-corrected chi connectivity index (χ4v) is 2.03. The van der Waals surface area contributed by atoms with Crippen LogP contribution in [0, 0.1) is 0 Å². The topological polar surface area (TPSA) is 88.6 Å². The van der Waals surface area contributed by atoms with Gasteiger partial charge in [0.2, 0.25) is 5.76 Å². The van der Waals surface area contributed by atoms with Gasteiger partial charge in [-0.05, 0) is 26.0 Å². The van der Waals surface area contributed by atoms with Crippen molar-refractivity contribution in [2.75, 3.05) is 18.0 Å². The highest BCUT2D eigenvalue weighted by Gasteiger charge is 2.11. The lowest BCUT2D eigenvalue weighted by molar-refractivity contribution is 0.0660. The molecule has 0 aromatic carbocycles. The molecule has 0 saturated heterocycles. The summed E-state index contributed by atoms with van der Waals surface area (Å²) in [5.41, 5.74) is 0.514. The lowest BCUT2D eigenvalue weighted by Crippen LogP contribution is -2.28. The van der Waals surface area contributed by atoms with Crippen molar-refractivity contribution in [3.8, 4) is 0 Å². The molecule has 0 unspecified atom stereocenters. The van der Waals surface area contributed by atoms with Crippen LogP contribution < -0.4 is 10.5 Å². The lowest BCUT2D eigenvalue weighted by Gasteiger charge is -2.20. The van der Waals surface area contributed by atoms with Crippen LogP contribution in [-0.2, 0) is 6.54 Å². The van der Waals surface area contributed by atoms with E-state index in [0.29, 0.717) is 5.76 Å². The first-order valence-corrected chi connectivity index (χ1v) is 6.69. The molecule has 0 amide bonds. The summed E-state index contributed by atoms with van der Waals surface area (Å²) in [6.07, 6.45) is 1.62. The standard InChI is InChI=1S/C14H17N3O4/c1-3-16(4-2)10-7-13(18)17(15-8-10)9-11-5-6-12(21-11)14(19)20/h5-8H,3-4,9H2,1-2H3,(H,19,20). The van der Waals surface area contributed by atoms with Crippen LogP contribution in [0.25, 0.3) is 0 Å². The van der Waals surface area contributed by atoms with E-state index in [0.717, 1.165) is 18.8 Å².